The molecule has 2 rings (SSSR count). The van der Waals surface area contributed by atoms with E-state index in [1.165, 1.54) is 12.1 Å². The van der Waals surface area contributed by atoms with E-state index >= 15 is 0 Å². The van der Waals surface area contributed by atoms with E-state index in [2.05, 4.69) is 5.18 Å². The van der Waals surface area contributed by atoms with Gasteiger partial charge in [-0.3, -0.25) is 0 Å². The third-order valence-corrected chi connectivity index (χ3v) is 2.31. The van der Waals surface area contributed by atoms with Gasteiger partial charge >= 0.3 is 0 Å². The molecule has 86 valence electrons. The van der Waals surface area contributed by atoms with Crippen LogP contribution in [0.2, 0.25) is 0 Å². The van der Waals surface area contributed by atoms with Gasteiger partial charge in [0.2, 0.25) is 0 Å². The summed E-state index contributed by atoms with van der Waals surface area (Å²) >= 11 is 0. The summed E-state index contributed by atoms with van der Waals surface area (Å²) < 4.78 is 18.3. The van der Waals surface area contributed by atoms with Gasteiger partial charge in [-0.15, -0.1) is 4.91 Å². The molecule has 0 unspecified atom stereocenters. The minimum absolute atomic E-state index is 0.311. The monoisotopic (exact) mass is 231 g/mol. The predicted octanol–water partition coefficient (Wildman–Crippen LogP) is 4.32. The maximum absolute atomic E-state index is 12.7. The Morgan fingerprint density at radius 3 is 2.41 bits per heavy atom. The Morgan fingerprint density at radius 2 is 1.82 bits per heavy atom. The lowest BCUT2D eigenvalue weighted by atomic mass is 10.2. The topological polar surface area (TPSA) is 38.7 Å². The summed E-state index contributed by atoms with van der Waals surface area (Å²) in [7, 11) is 0. The molecule has 0 radical (unpaired) electrons. The van der Waals surface area contributed by atoms with E-state index in [9.17, 15) is 9.30 Å². The third-order valence-electron chi connectivity index (χ3n) is 2.31. The van der Waals surface area contributed by atoms with Crippen LogP contribution >= 0.6 is 0 Å². The fourth-order valence-electron chi connectivity index (χ4n) is 1.43. The Morgan fingerprint density at radius 1 is 1.12 bits per heavy atom. The number of nitrogens with zero attached hydrogens (tertiary/aromatic N) is 1. The van der Waals surface area contributed by atoms with Crippen LogP contribution in [0.3, 0.4) is 0 Å². The zero-order chi connectivity index (χ0) is 12.3. The van der Waals surface area contributed by atoms with Crippen LogP contribution in [0.1, 0.15) is 5.56 Å². The van der Waals surface area contributed by atoms with Crippen molar-refractivity contribution in [3.8, 4) is 11.5 Å². The highest BCUT2D eigenvalue weighted by Crippen LogP contribution is 2.28. The summed E-state index contributed by atoms with van der Waals surface area (Å²) in [5.41, 5.74) is 1.15. The summed E-state index contributed by atoms with van der Waals surface area (Å²) in [6, 6.07) is 10.6. The first-order chi connectivity index (χ1) is 8.19. The number of ether oxygens (including phenoxy) is 1. The van der Waals surface area contributed by atoms with E-state index in [0.29, 0.717) is 17.2 Å². The number of halogens is 1. The highest BCUT2D eigenvalue weighted by atomic mass is 19.1. The van der Waals surface area contributed by atoms with E-state index in [1.54, 1.807) is 30.3 Å². The quantitative estimate of drug-likeness (QED) is 0.737. The third kappa shape index (κ3) is 2.66. The molecular formula is C13H10FNO2. The van der Waals surface area contributed by atoms with E-state index in [4.69, 9.17) is 4.74 Å². The van der Waals surface area contributed by atoms with Crippen LogP contribution in [-0.2, 0) is 0 Å². The molecule has 0 amide bonds. The van der Waals surface area contributed by atoms with Crippen LogP contribution in [-0.4, -0.2) is 0 Å². The molecule has 0 saturated heterocycles. The van der Waals surface area contributed by atoms with Gasteiger partial charge in [0.1, 0.15) is 23.0 Å². The molecule has 0 saturated carbocycles. The number of nitroso groups, excluding NO2 is 1. The van der Waals surface area contributed by atoms with Crippen LogP contribution in [0.5, 0.6) is 11.5 Å². The maximum atomic E-state index is 12.7. The second-order valence-corrected chi connectivity index (χ2v) is 3.60. The molecule has 3 nitrogen and oxygen atoms in total. The summed E-state index contributed by atoms with van der Waals surface area (Å²) in [5, 5.41) is 2.84. The fourth-order valence-corrected chi connectivity index (χ4v) is 1.43. The summed E-state index contributed by atoms with van der Waals surface area (Å²) in [6.45, 7) is 1.81. The average Bonchev–Trinajstić information content (AvgIpc) is 2.34. The summed E-state index contributed by atoms with van der Waals surface area (Å²) in [6.07, 6.45) is 0. The van der Waals surface area contributed by atoms with E-state index in [1.807, 2.05) is 6.92 Å². The first-order valence-corrected chi connectivity index (χ1v) is 5.06. The summed E-state index contributed by atoms with van der Waals surface area (Å²) in [5.74, 6) is 0.847. The SMILES string of the molecule is Cc1cc(N=O)ccc1Oc1ccc(F)cc1. The molecule has 0 aromatic heterocycles. The first kappa shape index (κ1) is 11.3. The van der Waals surface area contributed by atoms with Gasteiger partial charge in [0.05, 0.1) is 0 Å². The Labute approximate surface area is 97.8 Å². The highest BCUT2D eigenvalue weighted by Gasteiger charge is 2.03. The molecule has 4 heteroatoms. The molecule has 0 atom stereocenters. The van der Waals surface area contributed by atoms with Gasteiger partial charge in [0.25, 0.3) is 0 Å². The molecule has 2 aromatic rings. The fraction of sp³-hybridized carbons (Fsp3) is 0.0769. The molecule has 17 heavy (non-hydrogen) atoms. The smallest absolute Gasteiger partial charge is 0.130 e. The standard InChI is InChI=1S/C13H10FNO2/c1-9-8-11(15-16)4-7-13(9)17-12-5-2-10(14)3-6-12/h2-8H,1H3. The van der Waals surface area contributed by atoms with Crippen LogP contribution in [0.25, 0.3) is 0 Å². The van der Waals surface area contributed by atoms with Crippen molar-refractivity contribution >= 4 is 5.69 Å². The van der Waals surface area contributed by atoms with Crippen LogP contribution in [0, 0.1) is 17.6 Å². The molecule has 0 fully saturated rings. The largest absolute Gasteiger partial charge is 0.457 e. The number of hydrogen-bond donors (Lipinski definition) is 0. The molecule has 2 aromatic carbocycles. The predicted molar refractivity (Wildman–Crippen MR) is 63.1 cm³/mol. The Balaban J connectivity index is 2.24. The van der Waals surface area contributed by atoms with Crippen molar-refractivity contribution in [3.05, 3.63) is 58.8 Å². The van der Waals surface area contributed by atoms with Gasteiger partial charge in [0.15, 0.2) is 0 Å². The molecule has 0 aliphatic heterocycles. The van der Waals surface area contributed by atoms with E-state index in [0.717, 1.165) is 5.56 Å². The summed E-state index contributed by atoms with van der Waals surface area (Å²) in [4.78, 5) is 10.3. The van der Waals surface area contributed by atoms with Crippen molar-refractivity contribution in [1.29, 1.82) is 0 Å². The molecule has 0 bridgehead atoms. The van der Waals surface area contributed by atoms with Crippen LogP contribution in [0.4, 0.5) is 10.1 Å². The van der Waals surface area contributed by atoms with E-state index in [-0.39, 0.29) is 5.82 Å². The number of aryl methyl sites for hydroxylation is 1. The highest BCUT2D eigenvalue weighted by molar-refractivity contribution is 5.47. The van der Waals surface area contributed by atoms with Crippen molar-refractivity contribution < 1.29 is 9.13 Å². The van der Waals surface area contributed by atoms with Gasteiger partial charge in [0, 0.05) is 0 Å². The minimum Gasteiger partial charge on any atom is -0.457 e. The van der Waals surface area contributed by atoms with Crippen molar-refractivity contribution in [1.82, 2.24) is 0 Å². The minimum atomic E-state index is -0.311. The lowest BCUT2D eigenvalue weighted by Gasteiger charge is -2.08. The zero-order valence-electron chi connectivity index (χ0n) is 9.18. The average molecular weight is 231 g/mol. The lowest BCUT2D eigenvalue weighted by molar-refractivity contribution is 0.477. The molecule has 0 spiro atoms. The molecule has 0 aliphatic carbocycles. The second kappa shape index (κ2) is 4.74. The van der Waals surface area contributed by atoms with Gasteiger partial charge in [-0.25, -0.2) is 4.39 Å². The van der Waals surface area contributed by atoms with Crippen molar-refractivity contribution in [2.45, 2.75) is 6.92 Å². The molecule has 0 aliphatic rings. The van der Waals surface area contributed by atoms with Gasteiger partial charge in [-0.1, -0.05) is 0 Å². The Bertz CT molecular complexity index is 538. The second-order valence-electron chi connectivity index (χ2n) is 3.60. The molecular weight excluding hydrogens is 221 g/mol. The molecule has 0 heterocycles. The Kier molecular flexibility index (Phi) is 3.14. The van der Waals surface area contributed by atoms with Crippen molar-refractivity contribution in [2.75, 3.05) is 0 Å². The van der Waals surface area contributed by atoms with E-state index < -0.39 is 0 Å². The van der Waals surface area contributed by atoms with Gasteiger partial charge in [-0.2, -0.15) is 0 Å². The normalized spacial score (nSPS) is 10.0. The Hall–Kier alpha value is -2.23. The maximum Gasteiger partial charge on any atom is 0.130 e. The first-order valence-electron chi connectivity index (χ1n) is 5.06. The lowest BCUT2D eigenvalue weighted by Crippen LogP contribution is -1.87. The van der Waals surface area contributed by atoms with Crippen molar-refractivity contribution in [2.24, 2.45) is 5.18 Å². The number of benzene rings is 2. The van der Waals surface area contributed by atoms with Crippen LogP contribution < -0.4 is 4.74 Å². The number of rotatable bonds is 3. The van der Waals surface area contributed by atoms with Crippen molar-refractivity contribution in [3.63, 3.8) is 0 Å². The van der Waals surface area contributed by atoms with Crippen LogP contribution in [0.15, 0.2) is 47.6 Å². The number of hydrogen-bond acceptors (Lipinski definition) is 3. The zero-order valence-corrected chi connectivity index (χ0v) is 9.18. The molecule has 0 N–H and O–H groups in total. The van der Waals surface area contributed by atoms with Gasteiger partial charge in [-0.05, 0) is 60.1 Å². The van der Waals surface area contributed by atoms with Gasteiger partial charge < -0.3 is 4.74 Å².